The highest BCUT2D eigenvalue weighted by Gasteiger charge is 2.27. The molecule has 6 nitrogen and oxygen atoms in total. The lowest BCUT2D eigenvalue weighted by Gasteiger charge is -2.28. The van der Waals surface area contributed by atoms with E-state index >= 15 is 0 Å². The van der Waals surface area contributed by atoms with E-state index in [9.17, 15) is 9.59 Å². The lowest BCUT2D eigenvalue weighted by molar-refractivity contribution is -0.142. The Bertz CT molecular complexity index is 325. The van der Waals surface area contributed by atoms with Gasteiger partial charge in [-0.3, -0.25) is 4.79 Å². The second-order valence-corrected chi connectivity index (χ2v) is 5.87. The Morgan fingerprint density at radius 1 is 1.20 bits per heavy atom. The molecular formula is C14H26N2O4. The summed E-state index contributed by atoms with van der Waals surface area (Å²) in [6, 6.07) is -0.223. The second kappa shape index (κ2) is 8.09. The molecule has 0 radical (unpaired) electrons. The van der Waals surface area contributed by atoms with Crippen LogP contribution >= 0.6 is 0 Å². The molecule has 0 bridgehead atoms. The van der Waals surface area contributed by atoms with E-state index in [1.807, 2.05) is 13.8 Å². The number of carboxylic acids is 1. The molecule has 1 aliphatic rings. The summed E-state index contributed by atoms with van der Waals surface area (Å²) in [5.41, 5.74) is 0. The number of hydrogen-bond donors (Lipinski definition) is 4. The topological polar surface area (TPSA) is 98.7 Å². The Balaban J connectivity index is 2.34. The molecule has 1 aliphatic carbocycles. The first-order valence-corrected chi connectivity index (χ1v) is 7.34. The number of carboxylic acid groups (broad SMARTS) is 1. The summed E-state index contributed by atoms with van der Waals surface area (Å²) in [6.07, 6.45) is 3.18. The highest BCUT2D eigenvalue weighted by molar-refractivity contribution is 5.74. The molecule has 0 spiro atoms. The Hall–Kier alpha value is -1.30. The fraction of sp³-hybridized carbons (Fsp3) is 0.857. The van der Waals surface area contributed by atoms with Gasteiger partial charge in [-0.15, -0.1) is 0 Å². The van der Waals surface area contributed by atoms with Crippen LogP contribution in [0.3, 0.4) is 0 Å². The van der Waals surface area contributed by atoms with Gasteiger partial charge in [0, 0.05) is 18.7 Å². The number of nitrogens with one attached hydrogen (secondary N) is 2. The van der Waals surface area contributed by atoms with Gasteiger partial charge < -0.3 is 20.8 Å². The molecule has 0 heterocycles. The van der Waals surface area contributed by atoms with E-state index in [2.05, 4.69) is 10.6 Å². The minimum Gasteiger partial charge on any atom is -0.481 e. The predicted octanol–water partition coefficient (Wildman–Crippen LogP) is 1.34. The number of urea groups is 1. The quantitative estimate of drug-likeness (QED) is 0.592. The molecular weight excluding hydrogens is 260 g/mol. The monoisotopic (exact) mass is 286 g/mol. The fourth-order valence-electron chi connectivity index (χ4n) is 2.59. The van der Waals surface area contributed by atoms with Gasteiger partial charge in [-0.05, 0) is 38.0 Å². The first kappa shape index (κ1) is 16.8. The molecule has 1 unspecified atom stereocenters. The Labute approximate surface area is 119 Å². The maximum Gasteiger partial charge on any atom is 0.315 e. The first-order valence-electron chi connectivity index (χ1n) is 7.34. The van der Waals surface area contributed by atoms with Crippen LogP contribution in [0, 0.1) is 11.8 Å². The molecule has 1 rings (SSSR count). The minimum absolute atomic E-state index is 0.0460. The number of aliphatic carboxylic acids is 1. The first-order chi connectivity index (χ1) is 9.43. The summed E-state index contributed by atoms with van der Waals surface area (Å²) in [6.45, 7) is 4.05. The van der Waals surface area contributed by atoms with Gasteiger partial charge in [0.25, 0.3) is 0 Å². The van der Waals surface area contributed by atoms with E-state index in [4.69, 9.17) is 10.2 Å². The van der Waals surface area contributed by atoms with Crippen LogP contribution in [0.25, 0.3) is 0 Å². The lowest BCUT2D eigenvalue weighted by Crippen LogP contribution is -2.49. The Morgan fingerprint density at radius 2 is 1.80 bits per heavy atom. The Morgan fingerprint density at radius 3 is 2.25 bits per heavy atom. The number of hydrogen-bond acceptors (Lipinski definition) is 3. The third-order valence-electron chi connectivity index (χ3n) is 3.97. The van der Waals surface area contributed by atoms with E-state index in [0.717, 1.165) is 0 Å². The summed E-state index contributed by atoms with van der Waals surface area (Å²) in [5.74, 6) is -0.750. The van der Waals surface area contributed by atoms with Crippen molar-refractivity contribution in [3.63, 3.8) is 0 Å². The van der Waals surface area contributed by atoms with E-state index < -0.39 is 5.97 Å². The molecule has 1 atom stereocenters. The van der Waals surface area contributed by atoms with Crippen molar-refractivity contribution >= 4 is 12.0 Å². The van der Waals surface area contributed by atoms with Crippen LogP contribution < -0.4 is 10.6 Å². The van der Waals surface area contributed by atoms with E-state index in [1.165, 1.54) is 0 Å². The normalized spacial score (nSPS) is 24.2. The molecule has 6 heteroatoms. The van der Waals surface area contributed by atoms with Crippen molar-refractivity contribution in [1.29, 1.82) is 0 Å². The number of carbonyl (C=O) groups excluding carboxylic acids is 1. The van der Waals surface area contributed by atoms with Crippen molar-refractivity contribution < 1.29 is 19.8 Å². The zero-order chi connectivity index (χ0) is 15.1. The maximum atomic E-state index is 11.9. The van der Waals surface area contributed by atoms with Crippen LogP contribution in [0.2, 0.25) is 0 Å². The summed E-state index contributed by atoms with van der Waals surface area (Å²) in [7, 11) is 0. The average Bonchev–Trinajstić information content (AvgIpc) is 2.38. The number of amides is 2. The van der Waals surface area contributed by atoms with Crippen molar-refractivity contribution in [2.24, 2.45) is 11.8 Å². The van der Waals surface area contributed by atoms with Gasteiger partial charge in [0.05, 0.1) is 5.92 Å². The summed E-state index contributed by atoms with van der Waals surface area (Å²) >= 11 is 0. The van der Waals surface area contributed by atoms with Crippen LogP contribution in [-0.2, 0) is 4.79 Å². The highest BCUT2D eigenvalue weighted by Crippen LogP contribution is 2.24. The molecule has 2 amide bonds. The van der Waals surface area contributed by atoms with Crippen LogP contribution in [-0.4, -0.2) is 40.9 Å². The SMILES string of the molecule is CC(C)C(CCO)NC(=O)NC1CCC(C(=O)O)CC1. The molecule has 1 fully saturated rings. The molecule has 0 aromatic heterocycles. The number of rotatable bonds is 6. The van der Waals surface area contributed by atoms with Gasteiger partial charge >= 0.3 is 12.0 Å². The third-order valence-corrected chi connectivity index (χ3v) is 3.97. The summed E-state index contributed by atoms with van der Waals surface area (Å²) < 4.78 is 0. The van der Waals surface area contributed by atoms with Crippen LogP contribution in [0.4, 0.5) is 4.79 Å². The van der Waals surface area contributed by atoms with Crippen LogP contribution in [0.5, 0.6) is 0 Å². The van der Waals surface area contributed by atoms with Crippen molar-refractivity contribution in [3.8, 4) is 0 Å². The molecule has 0 aromatic carbocycles. The van der Waals surface area contributed by atoms with Crippen molar-refractivity contribution in [1.82, 2.24) is 10.6 Å². The third kappa shape index (κ3) is 5.36. The van der Waals surface area contributed by atoms with Gasteiger partial charge in [0.2, 0.25) is 0 Å². The van der Waals surface area contributed by atoms with Crippen molar-refractivity contribution in [2.75, 3.05) is 6.61 Å². The summed E-state index contributed by atoms with van der Waals surface area (Å²) in [4.78, 5) is 22.7. The number of aliphatic hydroxyl groups excluding tert-OH is 1. The average molecular weight is 286 g/mol. The van der Waals surface area contributed by atoms with Gasteiger partial charge in [-0.2, -0.15) is 0 Å². The second-order valence-electron chi connectivity index (χ2n) is 5.87. The molecule has 0 aromatic rings. The smallest absolute Gasteiger partial charge is 0.315 e. The van der Waals surface area contributed by atoms with Gasteiger partial charge in [0.1, 0.15) is 0 Å². The molecule has 20 heavy (non-hydrogen) atoms. The largest absolute Gasteiger partial charge is 0.481 e. The molecule has 0 aliphatic heterocycles. The minimum atomic E-state index is -0.740. The van der Waals surface area contributed by atoms with Gasteiger partial charge in [-0.25, -0.2) is 4.79 Å². The van der Waals surface area contributed by atoms with Crippen molar-refractivity contribution in [3.05, 3.63) is 0 Å². The lowest BCUT2D eigenvalue weighted by atomic mass is 9.86. The number of aliphatic hydroxyl groups is 1. The van der Waals surface area contributed by atoms with E-state index in [-0.39, 0.29) is 36.6 Å². The standard InChI is InChI=1S/C14H26N2O4/c1-9(2)12(7-8-17)16-14(20)15-11-5-3-10(4-6-11)13(18)19/h9-12,17H,3-8H2,1-2H3,(H,18,19)(H2,15,16,20). The summed E-state index contributed by atoms with van der Waals surface area (Å²) in [5, 5.41) is 23.7. The Kier molecular flexibility index (Phi) is 6.78. The van der Waals surface area contributed by atoms with E-state index in [1.54, 1.807) is 0 Å². The molecule has 0 saturated heterocycles. The van der Waals surface area contributed by atoms with Crippen LogP contribution in [0.15, 0.2) is 0 Å². The highest BCUT2D eigenvalue weighted by atomic mass is 16.4. The van der Waals surface area contributed by atoms with E-state index in [0.29, 0.717) is 32.1 Å². The molecule has 4 N–H and O–H groups in total. The number of carbonyl (C=O) groups is 2. The van der Waals surface area contributed by atoms with Gasteiger partial charge in [-0.1, -0.05) is 13.8 Å². The zero-order valence-corrected chi connectivity index (χ0v) is 12.3. The maximum absolute atomic E-state index is 11.9. The zero-order valence-electron chi connectivity index (χ0n) is 12.3. The predicted molar refractivity (Wildman–Crippen MR) is 75.4 cm³/mol. The van der Waals surface area contributed by atoms with Crippen molar-refractivity contribution in [2.45, 2.75) is 58.0 Å². The van der Waals surface area contributed by atoms with Crippen LogP contribution in [0.1, 0.15) is 46.0 Å². The molecule has 1 saturated carbocycles. The van der Waals surface area contributed by atoms with Gasteiger partial charge in [0.15, 0.2) is 0 Å². The molecule has 116 valence electrons. The fourth-order valence-corrected chi connectivity index (χ4v) is 2.59.